The van der Waals surface area contributed by atoms with Crippen LogP contribution in [0.3, 0.4) is 0 Å². The van der Waals surface area contributed by atoms with E-state index in [1.54, 1.807) is 6.08 Å². The molecule has 2 aromatic rings. The van der Waals surface area contributed by atoms with Crippen LogP contribution in [0.5, 0.6) is 0 Å². The fourth-order valence-electron chi connectivity index (χ4n) is 2.31. The van der Waals surface area contributed by atoms with Crippen LogP contribution in [0, 0.1) is 0 Å². The normalized spacial score (nSPS) is 24.8. The Bertz CT molecular complexity index is 631. The minimum Gasteiger partial charge on any atom is -0.353 e. The van der Waals surface area contributed by atoms with Crippen LogP contribution in [0.2, 0.25) is 0 Å². The predicted molar refractivity (Wildman–Crippen MR) is 79.2 cm³/mol. The molecular weight excluding hydrogens is 248 g/mol. The van der Waals surface area contributed by atoms with E-state index in [1.165, 1.54) is 0 Å². The lowest BCUT2D eigenvalue weighted by Crippen LogP contribution is -2.18. The summed E-state index contributed by atoms with van der Waals surface area (Å²) in [6.45, 7) is 1.85. The van der Waals surface area contributed by atoms with Gasteiger partial charge in [-0.25, -0.2) is 0 Å². The van der Waals surface area contributed by atoms with E-state index in [9.17, 15) is 4.79 Å². The predicted octanol–water partition coefficient (Wildman–Crippen LogP) is 3.80. The second kappa shape index (κ2) is 5.06. The average molecular weight is 264 g/mol. The van der Waals surface area contributed by atoms with E-state index in [4.69, 9.17) is 4.74 Å². The number of ether oxygens (including phenoxy) is 1. The Morgan fingerprint density at radius 3 is 2.30 bits per heavy atom. The van der Waals surface area contributed by atoms with Crippen molar-refractivity contribution < 1.29 is 9.53 Å². The van der Waals surface area contributed by atoms with Gasteiger partial charge < -0.3 is 4.74 Å². The quantitative estimate of drug-likeness (QED) is 0.621. The zero-order valence-corrected chi connectivity index (χ0v) is 11.3. The molecule has 2 nitrogen and oxygen atoms in total. The molecule has 20 heavy (non-hydrogen) atoms. The van der Waals surface area contributed by atoms with Crippen molar-refractivity contribution in [2.24, 2.45) is 0 Å². The van der Waals surface area contributed by atoms with Gasteiger partial charge in [0.2, 0.25) is 0 Å². The second-order valence-corrected chi connectivity index (χ2v) is 5.12. The highest BCUT2D eigenvalue weighted by Crippen LogP contribution is 2.50. The van der Waals surface area contributed by atoms with Gasteiger partial charge in [0.1, 0.15) is 6.10 Å². The third kappa shape index (κ3) is 2.43. The number of carbonyl (C=O) groups excluding carboxylic acids is 1. The number of ketones is 1. The Kier molecular flexibility index (Phi) is 3.25. The molecule has 1 saturated heterocycles. The summed E-state index contributed by atoms with van der Waals surface area (Å²) in [7, 11) is 0. The van der Waals surface area contributed by atoms with Gasteiger partial charge in [0.05, 0.1) is 0 Å². The fraction of sp³-hybridized carbons (Fsp3) is 0.167. The van der Waals surface area contributed by atoms with Crippen molar-refractivity contribution in [1.82, 2.24) is 0 Å². The molecule has 0 spiro atoms. The SMILES string of the molecule is C[C@@]1(C(=O)/C=C/c2ccccc2)O[C@@H]1c1ccccc1. The molecule has 0 unspecified atom stereocenters. The molecule has 3 rings (SSSR count). The molecule has 0 N–H and O–H groups in total. The van der Waals surface area contributed by atoms with Gasteiger partial charge in [0.15, 0.2) is 11.4 Å². The first kappa shape index (κ1) is 12.8. The molecule has 0 radical (unpaired) electrons. The molecule has 1 aliphatic heterocycles. The Hall–Kier alpha value is -2.19. The van der Waals surface area contributed by atoms with E-state index in [2.05, 4.69) is 0 Å². The Balaban J connectivity index is 1.71. The first-order chi connectivity index (χ1) is 9.70. The van der Waals surface area contributed by atoms with E-state index >= 15 is 0 Å². The van der Waals surface area contributed by atoms with Gasteiger partial charge in [-0.05, 0) is 24.1 Å². The van der Waals surface area contributed by atoms with E-state index in [0.29, 0.717) is 0 Å². The lowest BCUT2D eigenvalue weighted by Gasteiger charge is -2.01. The minimum atomic E-state index is -0.716. The van der Waals surface area contributed by atoms with Gasteiger partial charge in [0.25, 0.3) is 0 Å². The van der Waals surface area contributed by atoms with Gasteiger partial charge in [-0.15, -0.1) is 0 Å². The second-order valence-electron chi connectivity index (χ2n) is 5.12. The zero-order chi connectivity index (χ0) is 14.0. The van der Waals surface area contributed by atoms with E-state index in [-0.39, 0.29) is 11.9 Å². The maximum absolute atomic E-state index is 12.3. The maximum Gasteiger partial charge on any atom is 0.190 e. The van der Waals surface area contributed by atoms with Crippen LogP contribution in [0.4, 0.5) is 0 Å². The van der Waals surface area contributed by atoms with Crippen LogP contribution in [-0.2, 0) is 9.53 Å². The van der Waals surface area contributed by atoms with Gasteiger partial charge >= 0.3 is 0 Å². The first-order valence-electron chi connectivity index (χ1n) is 6.70. The Labute approximate surface area is 118 Å². The highest BCUT2D eigenvalue weighted by atomic mass is 16.6. The van der Waals surface area contributed by atoms with Crippen LogP contribution < -0.4 is 0 Å². The molecule has 0 saturated carbocycles. The fourth-order valence-corrected chi connectivity index (χ4v) is 2.31. The molecule has 0 aliphatic carbocycles. The molecule has 1 fully saturated rings. The molecule has 1 heterocycles. The zero-order valence-electron chi connectivity index (χ0n) is 11.3. The van der Waals surface area contributed by atoms with Crippen molar-refractivity contribution in [3.8, 4) is 0 Å². The summed E-state index contributed by atoms with van der Waals surface area (Å²) >= 11 is 0. The molecule has 0 aromatic heterocycles. The summed E-state index contributed by atoms with van der Waals surface area (Å²) < 4.78 is 5.64. The van der Waals surface area contributed by atoms with Gasteiger partial charge in [-0.2, -0.15) is 0 Å². The summed E-state index contributed by atoms with van der Waals surface area (Å²) in [6.07, 6.45) is 3.31. The lowest BCUT2D eigenvalue weighted by atomic mass is 9.96. The Morgan fingerprint density at radius 2 is 1.65 bits per heavy atom. The third-order valence-electron chi connectivity index (χ3n) is 3.62. The van der Waals surface area contributed by atoms with E-state index < -0.39 is 5.60 Å². The number of benzene rings is 2. The molecule has 2 heteroatoms. The van der Waals surface area contributed by atoms with Crippen LogP contribution in [0.25, 0.3) is 6.08 Å². The lowest BCUT2D eigenvalue weighted by molar-refractivity contribution is -0.118. The summed E-state index contributed by atoms with van der Waals surface area (Å²) in [6, 6.07) is 19.6. The van der Waals surface area contributed by atoms with Crippen molar-refractivity contribution in [2.75, 3.05) is 0 Å². The average Bonchev–Trinajstić information content (AvgIpc) is 3.20. The monoisotopic (exact) mass is 264 g/mol. The molecule has 2 aromatic carbocycles. The van der Waals surface area contributed by atoms with Gasteiger partial charge in [-0.1, -0.05) is 66.7 Å². The molecule has 0 amide bonds. The molecular formula is C18H16O2. The number of carbonyl (C=O) groups is 1. The summed E-state index contributed by atoms with van der Waals surface area (Å²) in [4.78, 5) is 12.3. The number of hydrogen-bond acceptors (Lipinski definition) is 2. The highest BCUT2D eigenvalue weighted by molar-refractivity contribution is 6.02. The Morgan fingerprint density at radius 1 is 1.05 bits per heavy atom. The smallest absolute Gasteiger partial charge is 0.190 e. The van der Waals surface area contributed by atoms with Crippen LogP contribution in [0.1, 0.15) is 24.2 Å². The number of rotatable bonds is 4. The van der Waals surface area contributed by atoms with Crippen molar-refractivity contribution in [3.05, 3.63) is 77.9 Å². The van der Waals surface area contributed by atoms with Crippen molar-refractivity contribution in [1.29, 1.82) is 0 Å². The van der Waals surface area contributed by atoms with Crippen molar-refractivity contribution in [3.63, 3.8) is 0 Å². The van der Waals surface area contributed by atoms with Crippen molar-refractivity contribution >= 4 is 11.9 Å². The number of hydrogen-bond donors (Lipinski definition) is 0. The third-order valence-corrected chi connectivity index (χ3v) is 3.62. The standard InChI is InChI=1S/C18H16O2/c1-18(17(20-18)15-10-6-3-7-11-15)16(19)13-12-14-8-4-2-5-9-14/h2-13,17H,1H3/b13-12+/t17-,18+/m1/s1. The van der Waals surface area contributed by atoms with Gasteiger partial charge in [-0.3, -0.25) is 4.79 Å². The van der Waals surface area contributed by atoms with E-state index in [1.807, 2.05) is 73.7 Å². The van der Waals surface area contributed by atoms with Crippen LogP contribution in [0.15, 0.2) is 66.7 Å². The van der Waals surface area contributed by atoms with Crippen LogP contribution >= 0.6 is 0 Å². The molecule has 100 valence electrons. The summed E-state index contributed by atoms with van der Waals surface area (Å²) in [5, 5.41) is 0. The first-order valence-corrected chi connectivity index (χ1v) is 6.70. The summed E-state index contributed by atoms with van der Waals surface area (Å²) in [5.41, 5.74) is 1.35. The highest BCUT2D eigenvalue weighted by Gasteiger charge is 2.57. The maximum atomic E-state index is 12.3. The number of epoxide rings is 1. The van der Waals surface area contributed by atoms with Crippen molar-refractivity contribution in [2.45, 2.75) is 18.6 Å². The topological polar surface area (TPSA) is 29.6 Å². The largest absolute Gasteiger partial charge is 0.353 e. The van der Waals surface area contributed by atoms with E-state index in [0.717, 1.165) is 11.1 Å². The minimum absolute atomic E-state index is 0.00945. The molecule has 0 bridgehead atoms. The molecule has 2 atom stereocenters. The van der Waals surface area contributed by atoms with Gasteiger partial charge in [0, 0.05) is 0 Å². The molecule has 1 aliphatic rings. The summed E-state index contributed by atoms with van der Waals surface area (Å²) in [5.74, 6) is 0.00945. The van der Waals surface area contributed by atoms with Crippen LogP contribution in [-0.4, -0.2) is 11.4 Å².